The van der Waals surface area contributed by atoms with Gasteiger partial charge in [0.05, 0.1) is 12.6 Å². The zero-order chi connectivity index (χ0) is 14.5. The molecular formula is C14H21ClN2O4. The van der Waals surface area contributed by atoms with Crippen molar-refractivity contribution in [1.82, 2.24) is 10.2 Å². The molecule has 1 saturated heterocycles. The van der Waals surface area contributed by atoms with Crippen molar-refractivity contribution in [3.63, 3.8) is 0 Å². The van der Waals surface area contributed by atoms with Crippen LogP contribution in [0.15, 0.2) is 18.2 Å². The van der Waals surface area contributed by atoms with Crippen LogP contribution in [0.3, 0.4) is 0 Å². The van der Waals surface area contributed by atoms with E-state index in [9.17, 15) is 15.0 Å². The molecule has 2 rings (SSSR count). The second kappa shape index (κ2) is 8.19. The van der Waals surface area contributed by atoms with E-state index in [0.717, 1.165) is 31.7 Å². The van der Waals surface area contributed by atoms with E-state index < -0.39 is 5.97 Å². The molecule has 0 aromatic heterocycles. The topological polar surface area (TPSA) is 82.0 Å². The Hall–Kier alpha value is -1.34. The number of hydrogen-bond acceptors (Lipinski definition) is 6. The molecule has 7 heteroatoms. The molecule has 1 fully saturated rings. The first-order chi connectivity index (χ1) is 9.61. The van der Waals surface area contributed by atoms with Crippen molar-refractivity contribution in [1.29, 1.82) is 0 Å². The fraction of sp³-hybridized carbons (Fsp3) is 0.500. The molecule has 6 nitrogen and oxygen atoms in total. The van der Waals surface area contributed by atoms with Crippen molar-refractivity contribution >= 4 is 18.4 Å². The molecule has 1 aromatic carbocycles. The van der Waals surface area contributed by atoms with Gasteiger partial charge < -0.3 is 20.3 Å². The summed E-state index contributed by atoms with van der Waals surface area (Å²) in [5.41, 5.74) is 0.808. The maximum absolute atomic E-state index is 10.9. The SMILES string of the molecule is CC(=O)Oc1ccc([C@@H](CO)N2CCNCC2)cc1O.Cl. The number of carbonyl (C=O) groups is 1. The zero-order valence-electron chi connectivity index (χ0n) is 11.9. The average Bonchev–Trinajstić information content (AvgIpc) is 2.43. The molecule has 0 radical (unpaired) electrons. The molecule has 21 heavy (non-hydrogen) atoms. The third-order valence-electron chi connectivity index (χ3n) is 3.39. The Morgan fingerprint density at radius 2 is 2.10 bits per heavy atom. The number of benzene rings is 1. The molecule has 1 aliphatic rings. The third kappa shape index (κ3) is 4.57. The average molecular weight is 317 g/mol. The molecule has 1 aliphatic heterocycles. The van der Waals surface area contributed by atoms with E-state index >= 15 is 0 Å². The van der Waals surface area contributed by atoms with Crippen LogP contribution in [0.1, 0.15) is 18.5 Å². The number of phenolic OH excluding ortho intramolecular Hbond substituents is 1. The summed E-state index contributed by atoms with van der Waals surface area (Å²) in [5, 5.41) is 22.8. The van der Waals surface area contributed by atoms with Gasteiger partial charge in [-0.1, -0.05) is 6.07 Å². The Morgan fingerprint density at radius 3 is 2.62 bits per heavy atom. The first-order valence-electron chi connectivity index (χ1n) is 6.68. The van der Waals surface area contributed by atoms with Gasteiger partial charge in [-0.3, -0.25) is 9.69 Å². The monoisotopic (exact) mass is 316 g/mol. The smallest absolute Gasteiger partial charge is 0.308 e. The summed E-state index contributed by atoms with van der Waals surface area (Å²) < 4.78 is 4.88. The molecule has 0 spiro atoms. The molecule has 3 N–H and O–H groups in total. The van der Waals surface area contributed by atoms with E-state index in [-0.39, 0.29) is 36.6 Å². The van der Waals surface area contributed by atoms with E-state index in [2.05, 4.69) is 10.2 Å². The highest BCUT2D eigenvalue weighted by molar-refractivity contribution is 5.85. The first-order valence-corrected chi connectivity index (χ1v) is 6.68. The van der Waals surface area contributed by atoms with Crippen molar-refractivity contribution in [3.8, 4) is 11.5 Å². The Balaban J connectivity index is 0.00000220. The highest BCUT2D eigenvalue weighted by atomic mass is 35.5. The minimum Gasteiger partial charge on any atom is -0.504 e. The molecule has 1 heterocycles. The van der Waals surface area contributed by atoms with Gasteiger partial charge in [-0.15, -0.1) is 12.4 Å². The number of aliphatic hydroxyl groups excluding tert-OH is 1. The Labute approximate surface area is 130 Å². The first kappa shape index (κ1) is 17.7. The van der Waals surface area contributed by atoms with Gasteiger partial charge in [-0.05, 0) is 17.7 Å². The van der Waals surface area contributed by atoms with Gasteiger partial charge >= 0.3 is 5.97 Å². The van der Waals surface area contributed by atoms with Gasteiger partial charge in [-0.2, -0.15) is 0 Å². The fourth-order valence-electron chi connectivity index (χ4n) is 2.41. The normalized spacial score (nSPS) is 16.9. The number of piperazine rings is 1. The Kier molecular flexibility index (Phi) is 6.91. The van der Waals surface area contributed by atoms with E-state index in [4.69, 9.17) is 4.74 Å². The van der Waals surface area contributed by atoms with E-state index in [1.807, 2.05) is 0 Å². The lowest BCUT2D eigenvalue weighted by Crippen LogP contribution is -2.46. The van der Waals surface area contributed by atoms with Crippen LogP contribution in [0, 0.1) is 0 Å². The number of hydrogen-bond donors (Lipinski definition) is 3. The number of rotatable bonds is 4. The van der Waals surface area contributed by atoms with Crippen LogP contribution in [0.25, 0.3) is 0 Å². The number of nitrogens with zero attached hydrogens (tertiary/aromatic N) is 1. The van der Waals surface area contributed by atoms with Crippen LogP contribution in [0.2, 0.25) is 0 Å². The van der Waals surface area contributed by atoms with Crippen LogP contribution in [-0.2, 0) is 4.79 Å². The number of carbonyl (C=O) groups excluding carboxylic acids is 1. The minimum absolute atomic E-state index is 0. The molecule has 0 amide bonds. The maximum atomic E-state index is 10.9. The molecule has 0 unspecified atom stereocenters. The summed E-state index contributed by atoms with van der Waals surface area (Å²) in [4.78, 5) is 13.1. The number of ether oxygens (including phenoxy) is 1. The number of phenols is 1. The summed E-state index contributed by atoms with van der Waals surface area (Å²) in [6.45, 7) is 4.72. The van der Waals surface area contributed by atoms with Crippen LogP contribution in [0.4, 0.5) is 0 Å². The van der Waals surface area contributed by atoms with Crippen molar-refractivity contribution in [2.24, 2.45) is 0 Å². The van der Waals surface area contributed by atoms with Gasteiger partial charge in [0.25, 0.3) is 0 Å². The second-order valence-electron chi connectivity index (χ2n) is 4.81. The summed E-state index contributed by atoms with van der Waals surface area (Å²) in [7, 11) is 0. The lowest BCUT2D eigenvalue weighted by Gasteiger charge is -2.34. The van der Waals surface area contributed by atoms with Crippen molar-refractivity contribution < 1.29 is 19.7 Å². The highest BCUT2D eigenvalue weighted by Crippen LogP contribution is 2.31. The Bertz CT molecular complexity index is 478. The lowest BCUT2D eigenvalue weighted by molar-refractivity contribution is -0.132. The lowest BCUT2D eigenvalue weighted by atomic mass is 10.0. The summed E-state index contributed by atoms with van der Waals surface area (Å²) in [6.07, 6.45) is 0. The fourth-order valence-corrected chi connectivity index (χ4v) is 2.41. The van der Waals surface area contributed by atoms with Gasteiger partial charge in [-0.25, -0.2) is 0 Å². The highest BCUT2D eigenvalue weighted by Gasteiger charge is 2.22. The van der Waals surface area contributed by atoms with Gasteiger partial charge in [0, 0.05) is 33.1 Å². The number of aliphatic hydroxyl groups is 1. The third-order valence-corrected chi connectivity index (χ3v) is 3.39. The summed E-state index contributed by atoms with van der Waals surface area (Å²) >= 11 is 0. The zero-order valence-corrected chi connectivity index (χ0v) is 12.7. The van der Waals surface area contributed by atoms with Gasteiger partial charge in [0.15, 0.2) is 11.5 Å². The molecule has 1 atom stereocenters. The maximum Gasteiger partial charge on any atom is 0.308 e. The number of aromatic hydroxyl groups is 1. The predicted octanol–water partition coefficient (Wildman–Crippen LogP) is 0.678. The second-order valence-corrected chi connectivity index (χ2v) is 4.81. The van der Waals surface area contributed by atoms with Crippen molar-refractivity contribution in [2.45, 2.75) is 13.0 Å². The number of halogens is 1. The number of esters is 1. The molecule has 0 saturated carbocycles. The van der Waals surface area contributed by atoms with Crippen molar-refractivity contribution in [3.05, 3.63) is 23.8 Å². The Morgan fingerprint density at radius 1 is 1.43 bits per heavy atom. The molecule has 118 valence electrons. The number of nitrogens with one attached hydrogen (secondary N) is 1. The van der Waals surface area contributed by atoms with Crippen LogP contribution < -0.4 is 10.1 Å². The molecule has 0 aliphatic carbocycles. The van der Waals surface area contributed by atoms with E-state index in [0.29, 0.717) is 0 Å². The minimum atomic E-state index is -0.478. The molecule has 0 bridgehead atoms. The standard InChI is InChI=1S/C14H20N2O4.ClH/c1-10(18)20-14-3-2-11(8-13(14)19)12(9-17)16-6-4-15-5-7-16;/h2-3,8,12,15,17,19H,4-7,9H2,1H3;1H/t12-;/m1./s1. The van der Waals surface area contributed by atoms with E-state index in [1.165, 1.54) is 6.92 Å². The molecular weight excluding hydrogens is 296 g/mol. The molecule has 1 aromatic rings. The van der Waals surface area contributed by atoms with Crippen LogP contribution in [-0.4, -0.2) is 53.9 Å². The van der Waals surface area contributed by atoms with Crippen LogP contribution >= 0.6 is 12.4 Å². The van der Waals surface area contributed by atoms with Crippen molar-refractivity contribution in [2.75, 3.05) is 32.8 Å². The summed E-state index contributed by atoms with van der Waals surface area (Å²) in [5.74, 6) is -0.432. The van der Waals surface area contributed by atoms with Crippen LogP contribution in [0.5, 0.6) is 11.5 Å². The van der Waals surface area contributed by atoms with Gasteiger partial charge in [0.1, 0.15) is 0 Å². The largest absolute Gasteiger partial charge is 0.504 e. The quantitative estimate of drug-likeness (QED) is 0.560. The summed E-state index contributed by atoms with van der Waals surface area (Å²) in [6, 6.07) is 4.70. The van der Waals surface area contributed by atoms with E-state index in [1.54, 1.807) is 18.2 Å². The predicted molar refractivity (Wildman–Crippen MR) is 80.9 cm³/mol. The van der Waals surface area contributed by atoms with Gasteiger partial charge in [0.2, 0.25) is 0 Å².